The normalized spacial score (nSPS) is 14.6. The van der Waals surface area contributed by atoms with Crippen LogP contribution in [0.3, 0.4) is 0 Å². The average molecular weight is 1110 g/mol. The second-order valence-corrected chi connectivity index (χ2v) is 25.4. The molecule has 1 aliphatic rings. The second kappa shape index (κ2) is 20.1. The fourth-order valence-electron chi connectivity index (χ4n) is 12.4. The van der Waals surface area contributed by atoms with Gasteiger partial charge in [0.25, 0.3) is 6.33 Å². The molecule has 5 nitrogen and oxygen atoms in total. The van der Waals surface area contributed by atoms with Gasteiger partial charge < -0.3 is 4.74 Å². The largest absolute Gasteiger partial charge is 0.458 e. The summed E-state index contributed by atoms with van der Waals surface area (Å²) in [6.07, 6.45) is 5.71. The van der Waals surface area contributed by atoms with E-state index < -0.39 is 43.9 Å². The van der Waals surface area contributed by atoms with Crippen LogP contribution in [0.4, 0.5) is 0 Å². The molecule has 0 aliphatic carbocycles. The summed E-state index contributed by atoms with van der Waals surface area (Å²) < 4.78 is 113. The van der Waals surface area contributed by atoms with Crippen LogP contribution in [0.25, 0.3) is 117 Å². The van der Waals surface area contributed by atoms with E-state index in [1.165, 1.54) is 18.2 Å². The SMILES string of the molecule is [2H]c1c([2H])c([2H])c(-c2cccc3c2-c2cccc(-c4c(C([2H])([2H])[2H])cccc4C([2H])([2H])[2H])c2-[n+]2[c-]n(-c4cccc(Oc5ccc6c7ccccc7n(-c7cc(C(C)(C)C)ccn7)c6c5)c4)c4cc(-c5cc(C(C)(C)C)cc(C(C)(C)C)c5)cc(c42)-c2ccccc2-3)c([2H])c1[2H]. The number of pyridine rings is 1. The third-order valence-electron chi connectivity index (χ3n) is 16.8. The lowest BCUT2D eigenvalue weighted by Gasteiger charge is -2.26. The van der Waals surface area contributed by atoms with E-state index in [0.717, 1.165) is 72.1 Å². The van der Waals surface area contributed by atoms with Crippen LogP contribution in [0.2, 0.25) is 0 Å². The monoisotopic (exact) mass is 1110 g/mol. The van der Waals surface area contributed by atoms with Crippen molar-refractivity contribution in [2.45, 2.75) is 92.3 Å². The number of ether oxygens (including phenoxy) is 1. The van der Waals surface area contributed by atoms with Crippen molar-refractivity contribution in [1.82, 2.24) is 14.1 Å². The number of aryl methyl sites for hydroxylation is 2. The van der Waals surface area contributed by atoms with Gasteiger partial charge in [0.2, 0.25) is 0 Å². The maximum Gasteiger partial charge on any atom is 0.269 e. The Kier molecular flexibility index (Phi) is 9.97. The molecule has 1 aliphatic heterocycles. The predicted molar refractivity (Wildman–Crippen MR) is 354 cm³/mol. The van der Waals surface area contributed by atoms with Gasteiger partial charge in [-0.25, -0.2) is 4.98 Å². The van der Waals surface area contributed by atoms with Crippen LogP contribution < -0.4 is 9.30 Å². The van der Waals surface area contributed by atoms with Gasteiger partial charge in [0.1, 0.15) is 17.3 Å². The fraction of sp³-hybridized carbons (Fsp3) is 0.175. The van der Waals surface area contributed by atoms with Crippen molar-refractivity contribution < 1.29 is 24.4 Å². The van der Waals surface area contributed by atoms with Gasteiger partial charge in [-0.3, -0.25) is 13.7 Å². The van der Waals surface area contributed by atoms with Crippen molar-refractivity contribution in [1.29, 1.82) is 0 Å². The highest BCUT2D eigenvalue weighted by Gasteiger charge is 2.31. The van der Waals surface area contributed by atoms with E-state index >= 15 is 0 Å². The number of hydrogen-bond donors (Lipinski definition) is 0. The second-order valence-electron chi connectivity index (χ2n) is 25.4. The first-order valence-corrected chi connectivity index (χ1v) is 28.9. The van der Waals surface area contributed by atoms with E-state index in [4.69, 9.17) is 22.1 Å². The quantitative estimate of drug-likeness (QED) is 0.118. The molecule has 10 aromatic carbocycles. The molecule has 4 heterocycles. The Morgan fingerprint density at radius 1 is 0.459 bits per heavy atom. The summed E-state index contributed by atoms with van der Waals surface area (Å²) >= 11 is 0. The molecular weight excluding hydrogens is 1030 g/mol. The molecule has 85 heavy (non-hydrogen) atoms. The number of fused-ring (bicyclic) bond motifs is 10. The predicted octanol–water partition coefficient (Wildman–Crippen LogP) is 20.8. The van der Waals surface area contributed by atoms with Crippen LogP contribution in [0.5, 0.6) is 11.5 Å². The van der Waals surface area contributed by atoms with E-state index in [0.29, 0.717) is 56.2 Å². The number of imidazole rings is 1. The summed E-state index contributed by atoms with van der Waals surface area (Å²) in [5.74, 6) is 1.87. The van der Waals surface area contributed by atoms with Crippen LogP contribution in [0.1, 0.15) is 105 Å². The molecule has 13 aromatic rings. The van der Waals surface area contributed by atoms with Gasteiger partial charge in [-0.2, -0.15) is 0 Å². The van der Waals surface area contributed by atoms with Crippen LogP contribution in [-0.2, 0) is 16.2 Å². The van der Waals surface area contributed by atoms with Crippen molar-refractivity contribution in [2.24, 2.45) is 0 Å². The molecule has 0 unspecified atom stereocenters. The minimum atomic E-state index is -2.82. The first kappa shape index (κ1) is 42.3. The third-order valence-corrected chi connectivity index (χ3v) is 16.8. The van der Waals surface area contributed by atoms with E-state index in [-0.39, 0.29) is 44.1 Å². The molecule has 0 saturated carbocycles. The van der Waals surface area contributed by atoms with Crippen molar-refractivity contribution in [3.8, 4) is 95.5 Å². The zero-order valence-corrected chi connectivity index (χ0v) is 49.2. The Labute approximate surface area is 515 Å². The Bertz CT molecular complexity index is 5290. The first-order chi connectivity index (χ1) is 45.4. The number of para-hydroxylation sites is 2. The van der Waals surface area contributed by atoms with Gasteiger partial charge in [0, 0.05) is 31.3 Å². The molecule has 416 valence electrons. The van der Waals surface area contributed by atoms with E-state index in [1.54, 1.807) is 18.2 Å². The maximum atomic E-state index is 9.53. The standard InChI is InChI=1S/C80H70N4O/c1-50-23-19-24-51(2)74(50)67-34-22-35-68-75-61(52-25-13-12-14-26-52)32-21-33-66(75)62-29-15-16-30-63(62)69-43-54(53-41-56(79(6,7)8)45-57(42-53)80(9,10)11)44-72-77(69)83(76(67)68)49-82(72)58-27-20-28-59(47-58)85-60-37-38-65-64-31-17-18-36-70(64)84(71(65)48-60)73-46-55(39-40-81-73)78(3,4)5/h12-48H,1-11H3/i1D3,2D3,12D,13D,14D,25D,26D. The molecule has 5 heteroatoms. The highest BCUT2D eigenvalue weighted by atomic mass is 16.5. The smallest absolute Gasteiger partial charge is 0.269 e. The summed E-state index contributed by atoms with van der Waals surface area (Å²) in [7, 11) is 0. The van der Waals surface area contributed by atoms with Crippen molar-refractivity contribution in [3.05, 3.63) is 259 Å². The summed E-state index contributed by atoms with van der Waals surface area (Å²) in [4.78, 5) is 4.92. The minimum Gasteiger partial charge on any atom is -0.458 e. The zero-order chi connectivity index (χ0) is 68.0. The Morgan fingerprint density at radius 2 is 1.06 bits per heavy atom. The van der Waals surface area contributed by atoms with Gasteiger partial charge in [-0.1, -0.05) is 220 Å². The fourth-order valence-corrected chi connectivity index (χ4v) is 12.4. The summed E-state index contributed by atoms with van der Waals surface area (Å²) in [5, 5.41) is 2.11. The van der Waals surface area contributed by atoms with Crippen LogP contribution in [0, 0.1) is 20.0 Å². The lowest BCUT2D eigenvalue weighted by molar-refractivity contribution is -0.570. The van der Waals surface area contributed by atoms with Crippen molar-refractivity contribution in [3.63, 3.8) is 0 Å². The molecule has 0 saturated heterocycles. The van der Waals surface area contributed by atoms with E-state index in [2.05, 4.69) is 140 Å². The van der Waals surface area contributed by atoms with Crippen LogP contribution in [-0.4, -0.2) is 14.1 Å². The van der Waals surface area contributed by atoms with Crippen LogP contribution >= 0.6 is 0 Å². The summed E-state index contributed by atoms with van der Waals surface area (Å²) in [6.45, 7) is 14.2. The molecule has 0 spiro atoms. The number of aromatic nitrogens is 4. The molecule has 0 N–H and O–H groups in total. The topological polar surface area (TPSA) is 35.9 Å². The molecule has 0 atom stereocenters. The van der Waals surface area contributed by atoms with E-state index in [9.17, 15) is 2.74 Å². The highest BCUT2D eigenvalue weighted by Crippen LogP contribution is 2.50. The lowest BCUT2D eigenvalue weighted by Crippen LogP contribution is -2.32. The molecular formula is C80H70N4O. The van der Waals surface area contributed by atoms with Crippen molar-refractivity contribution in [2.75, 3.05) is 0 Å². The highest BCUT2D eigenvalue weighted by molar-refractivity contribution is 6.10. The lowest BCUT2D eigenvalue weighted by atomic mass is 9.78. The van der Waals surface area contributed by atoms with Gasteiger partial charge >= 0.3 is 0 Å². The van der Waals surface area contributed by atoms with Gasteiger partial charge in [-0.15, -0.1) is 0 Å². The number of nitrogens with zero attached hydrogens (tertiary/aromatic N) is 4. The first-order valence-electron chi connectivity index (χ1n) is 34.4. The van der Waals surface area contributed by atoms with E-state index in [1.807, 2.05) is 100 Å². The molecule has 3 aromatic heterocycles. The zero-order valence-electron chi connectivity index (χ0n) is 60.2. The number of rotatable bonds is 7. The van der Waals surface area contributed by atoms with Gasteiger partial charge in [0.15, 0.2) is 0 Å². The molecule has 0 radical (unpaired) electrons. The van der Waals surface area contributed by atoms with Gasteiger partial charge in [0.05, 0.1) is 40.3 Å². The number of benzene rings is 10. The maximum absolute atomic E-state index is 9.53. The minimum absolute atomic E-state index is 0.0225. The molecule has 14 rings (SSSR count). The summed E-state index contributed by atoms with van der Waals surface area (Å²) in [6, 6.07) is 58.3. The summed E-state index contributed by atoms with van der Waals surface area (Å²) in [5.41, 5.74) is 12.7. The van der Waals surface area contributed by atoms with Gasteiger partial charge in [-0.05, 0) is 179 Å². The number of hydrogen-bond acceptors (Lipinski definition) is 2. The Hall–Kier alpha value is -9.58. The third kappa shape index (κ3) is 9.25. The Morgan fingerprint density at radius 3 is 1.78 bits per heavy atom. The molecule has 0 amide bonds. The van der Waals surface area contributed by atoms with Crippen LogP contribution in [0.15, 0.2) is 224 Å². The molecule has 0 fully saturated rings. The Balaban J connectivity index is 1.11. The molecule has 0 bridgehead atoms. The van der Waals surface area contributed by atoms with Crippen molar-refractivity contribution >= 4 is 32.8 Å². The average Bonchev–Trinajstić information content (AvgIpc) is 1.49.